The monoisotopic (exact) mass is 408 g/mol. The van der Waals surface area contributed by atoms with Crippen LogP contribution in [0.3, 0.4) is 0 Å². The van der Waals surface area contributed by atoms with Crippen LogP contribution in [0.4, 0.5) is 5.69 Å². The van der Waals surface area contributed by atoms with Gasteiger partial charge in [-0.25, -0.2) is 4.68 Å². The maximum atomic E-state index is 13.0. The molecule has 0 atom stereocenters. The maximum absolute atomic E-state index is 13.0. The first kappa shape index (κ1) is 19.9. The number of nitrogens with zero attached hydrogens (tertiary/aromatic N) is 3. The number of benzene rings is 3. The summed E-state index contributed by atoms with van der Waals surface area (Å²) in [7, 11) is 1.75. The van der Waals surface area contributed by atoms with Crippen LogP contribution >= 0.6 is 0 Å². The predicted octanol–water partition coefficient (Wildman–Crippen LogP) is 4.18. The highest BCUT2D eigenvalue weighted by Gasteiger charge is 2.19. The third kappa shape index (κ3) is 3.77. The lowest BCUT2D eigenvalue weighted by Gasteiger charge is -2.07. The Morgan fingerprint density at radius 3 is 2.39 bits per heavy atom. The molecule has 6 heteroatoms. The molecule has 1 heterocycles. The summed E-state index contributed by atoms with van der Waals surface area (Å²) in [5.41, 5.74) is 1.72. The molecule has 0 spiro atoms. The Balaban J connectivity index is 1.67. The van der Waals surface area contributed by atoms with Crippen molar-refractivity contribution in [1.82, 2.24) is 9.36 Å². The normalized spacial score (nSPS) is 11.3. The van der Waals surface area contributed by atoms with E-state index in [9.17, 15) is 14.9 Å². The second kappa shape index (κ2) is 8.17. The smallest absolute Gasteiger partial charge is 0.295 e. The average Bonchev–Trinajstić information content (AvgIpc) is 3.00. The number of nitriles is 1. The maximum Gasteiger partial charge on any atom is 0.295 e. The molecule has 0 aliphatic carbocycles. The van der Waals surface area contributed by atoms with Crippen molar-refractivity contribution in [3.8, 4) is 11.8 Å². The van der Waals surface area contributed by atoms with Gasteiger partial charge in [0.05, 0.1) is 11.4 Å². The van der Waals surface area contributed by atoms with Gasteiger partial charge >= 0.3 is 0 Å². The SMILES string of the molecule is Cc1c(NC(=O)C(C#N)=Cc2ccc3ccccc3c2)c(=O)n(-c2ccccc2)n1C. The van der Waals surface area contributed by atoms with Gasteiger partial charge in [0.25, 0.3) is 11.5 Å². The molecule has 0 saturated heterocycles. The second-order valence-electron chi connectivity index (χ2n) is 7.17. The summed E-state index contributed by atoms with van der Waals surface area (Å²) in [5.74, 6) is -0.623. The van der Waals surface area contributed by atoms with Crippen molar-refractivity contribution in [3.05, 3.63) is 100.0 Å². The van der Waals surface area contributed by atoms with E-state index >= 15 is 0 Å². The van der Waals surface area contributed by atoms with E-state index < -0.39 is 5.91 Å². The molecule has 4 aromatic rings. The number of fused-ring (bicyclic) bond motifs is 1. The minimum Gasteiger partial charge on any atom is -0.315 e. The molecule has 31 heavy (non-hydrogen) atoms. The standard InChI is InChI=1S/C25H20N4O2/c1-17-23(25(31)29(28(17)2)22-10-4-3-5-11-22)27-24(30)21(16-26)15-18-12-13-19-8-6-7-9-20(19)14-18/h3-15H,1-2H3,(H,27,30). The summed E-state index contributed by atoms with van der Waals surface area (Å²) in [6.45, 7) is 1.75. The molecule has 0 radical (unpaired) electrons. The van der Waals surface area contributed by atoms with Crippen molar-refractivity contribution in [2.45, 2.75) is 6.92 Å². The zero-order valence-corrected chi connectivity index (χ0v) is 17.2. The van der Waals surface area contributed by atoms with Crippen molar-refractivity contribution in [1.29, 1.82) is 5.26 Å². The lowest BCUT2D eigenvalue weighted by atomic mass is 10.1. The van der Waals surface area contributed by atoms with Gasteiger partial charge in [-0.2, -0.15) is 5.26 Å². The number of anilines is 1. The molecule has 0 bridgehead atoms. The third-order valence-electron chi connectivity index (χ3n) is 5.24. The molecule has 152 valence electrons. The van der Waals surface area contributed by atoms with Crippen LogP contribution in [0.5, 0.6) is 0 Å². The van der Waals surface area contributed by atoms with Gasteiger partial charge in [0, 0.05) is 7.05 Å². The number of hydrogen-bond donors (Lipinski definition) is 1. The Labute approximate surface area is 179 Å². The van der Waals surface area contributed by atoms with Gasteiger partial charge in [-0.3, -0.25) is 14.3 Å². The van der Waals surface area contributed by atoms with E-state index in [2.05, 4.69) is 5.32 Å². The molecule has 0 saturated carbocycles. The van der Waals surface area contributed by atoms with Crippen molar-refractivity contribution in [2.75, 3.05) is 5.32 Å². The molecule has 0 aliphatic heterocycles. The van der Waals surface area contributed by atoms with Gasteiger partial charge < -0.3 is 5.32 Å². The Bertz CT molecular complexity index is 1420. The summed E-state index contributed by atoms with van der Waals surface area (Å²) >= 11 is 0. The molecule has 1 amide bonds. The molecule has 0 aliphatic rings. The summed E-state index contributed by atoms with van der Waals surface area (Å²) in [6, 6.07) is 24.7. The van der Waals surface area contributed by atoms with Gasteiger partial charge in [0.1, 0.15) is 17.3 Å². The van der Waals surface area contributed by atoms with Gasteiger partial charge in [0.15, 0.2) is 0 Å². The molecule has 4 rings (SSSR count). The fourth-order valence-corrected chi connectivity index (χ4v) is 3.51. The van der Waals surface area contributed by atoms with Gasteiger partial charge in [-0.1, -0.05) is 54.6 Å². The number of para-hydroxylation sites is 1. The predicted molar refractivity (Wildman–Crippen MR) is 122 cm³/mol. The lowest BCUT2D eigenvalue weighted by Crippen LogP contribution is -2.23. The van der Waals surface area contributed by atoms with Crippen LogP contribution in [0.15, 0.2) is 83.2 Å². The molecule has 0 fully saturated rings. The van der Waals surface area contributed by atoms with E-state index in [0.717, 1.165) is 16.3 Å². The van der Waals surface area contributed by atoms with Crippen LogP contribution < -0.4 is 10.9 Å². The van der Waals surface area contributed by atoms with E-state index in [1.807, 2.05) is 78.9 Å². The number of amides is 1. The quantitative estimate of drug-likeness (QED) is 0.406. The number of nitrogens with one attached hydrogen (secondary N) is 1. The van der Waals surface area contributed by atoms with Gasteiger partial charge in [-0.05, 0) is 47.5 Å². The van der Waals surface area contributed by atoms with E-state index in [0.29, 0.717) is 11.4 Å². The van der Waals surface area contributed by atoms with E-state index in [1.165, 1.54) is 10.8 Å². The third-order valence-corrected chi connectivity index (χ3v) is 5.24. The lowest BCUT2D eigenvalue weighted by molar-refractivity contribution is -0.112. The van der Waals surface area contributed by atoms with Crippen molar-refractivity contribution in [3.63, 3.8) is 0 Å². The van der Waals surface area contributed by atoms with Crippen molar-refractivity contribution >= 4 is 28.4 Å². The van der Waals surface area contributed by atoms with Crippen LogP contribution in [-0.2, 0) is 11.8 Å². The number of aromatic nitrogens is 2. The topological polar surface area (TPSA) is 79.8 Å². The second-order valence-corrected chi connectivity index (χ2v) is 7.17. The first-order chi connectivity index (χ1) is 15.0. The fraction of sp³-hybridized carbons (Fsp3) is 0.0800. The Kier molecular flexibility index (Phi) is 5.25. The Morgan fingerprint density at radius 1 is 1.00 bits per heavy atom. The molecular formula is C25H20N4O2. The molecular weight excluding hydrogens is 388 g/mol. The number of rotatable bonds is 4. The van der Waals surface area contributed by atoms with E-state index in [-0.39, 0.29) is 16.8 Å². The number of carbonyl (C=O) groups excluding carboxylic acids is 1. The highest BCUT2D eigenvalue weighted by molar-refractivity contribution is 6.10. The number of carbonyl (C=O) groups is 1. The molecule has 6 nitrogen and oxygen atoms in total. The highest BCUT2D eigenvalue weighted by atomic mass is 16.2. The summed E-state index contributed by atoms with van der Waals surface area (Å²) in [5, 5.41) is 14.3. The van der Waals surface area contributed by atoms with Crippen LogP contribution in [0.1, 0.15) is 11.3 Å². The molecule has 0 unspecified atom stereocenters. The van der Waals surface area contributed by atoms with Crippen molar-refractivity contribution in [2.24, 2.45) is 7.05 Å². The summed E-state index contributed by atoms with van der Waals surface area (Å²) in [4.78, 5) is 25.8. The number of hydrogen-bond acceptors (Lipinski definition) is 3. The van der Waals surface area contributed by atoms with Gasteiger partial charge in [-0.15, -0.1) is 0 Å². The average molecular weight is 408 g/mol. The van der Waals surface area contributed by atoms with Crippen LogP contribution in [-0.4, -0.2) is 15.3 Å². The first-order valence-electron chi connectivity index (χ1n) is 9.75. The molecule has 1 N–H and O–H groups in total. The van der Waals surface area contributed by atoms with E-state index in [1.54, 1.807) is 18.7 Å². The molecule has 1 aromatic heterocycles. The zero-order valence-electron chi connectivity index (χ0n) is 17.2. The van der Waals surface area contributed by atoms with E-state index in [4.69, 9.17) is 0 Å². The van der Waals surface area contributed by atoms with Gasteiger partial charge in [0.2, 0.25) is 0 Å². The molecule has 3 aromatic carbocycles. The minimum absolute atomic E-state index is 0.0794. The van der Waals surface area contributed by atoms with Crippen LogP contribution in [0, 0.1) is 18.3 Å². The highest BCUT2D eigenvalue weighted by Crippen LogP contribution is 2.19. The first-order valence-corrected chi connectivity index (χ1v) is 9.75. The van der Waals surface area contributed by atoms with Crippen LogP contribution in [0.25, 0.3) is 22.5 Å². The fourth-order valence-electron chi connectivity index (χ4n) is 3.51. The van der Waals surface area contributed by atoms with Crippen molar-refractivity contribution < 1.29 is 4.79 Å². The largest absolute Gasteiger partial charge is 0.315 e. The summed E-state index contributed by atoms with van der Waals surface area (Å²) in [6.07, 6.45) is 1.52. The van der Waals surface area contributed by atoms with Crippen LogP contribution in [0.2, 0.25) is 0 Å². The Morgan fingerprint density at radius 2 is 1.68 bits per heavy atom. The Hall–Kier alpha value is -4.37. The minimum atomic E-state index is -0.623. The summed E-state index contributed by atoms with van der Waals surface area (Å²) < 4.78 is 3.15. The zero-order chi connectivity index (χ0) is 22.0.